The Labute approximate surface area is 131 Å². The van der Waals surface area contributed by atoms with Gasteiger partial charge in [-0.2, -0.15) is 0 Å². The molecule has 1 amide bonds. The van der Waals surface area contributed by atoms with Crippen molar-refractivity contribution in [2.45, 2.75) is 26.2 Å². The van der Waals surface area contributed by atoms with E-state index in [1.54, 1.807) is 12.1 Å². The monoisotopic (exact) mass is 326 g/mol. The fraction of sp³-hybridized carbons (Fsp3) is 0.357. The minimum atomic E-state index is -0.460. The van der Waals surface area contributed by atoms with Gasteiger partial charge in [-0.15, -0.1) is 11.3 Å². The van der Waals surface area contributed by atoms with Gasteiger partial charge in [-0.1, -0.05) is 43.5 Å². The second-order valence-electron chi connectivity index (χ2n) is 4.62. The maximum Gasteiger partial charge on any atom is 0.287 e. The molecule has 2 rings (SSSR count). The van der Waals surface area contributed by atoms with E-state index in [1.807, 2.05) is 0 Å². The van der Waals surface area contributed by atoms with Crippen LogP contribution < -0.4 is 5.32 Å². The summed E-state index contributed by atoms with van der Waals surface area (Å²) in [5, 5.41) is 14.7. The van der Waals surface area contributed by atoms with Gasteiger partial charge in [0.2, 0.25) is 0 Å². The number of nitro benzene ring substituents is 1. The molecule has 0 aliphatic rings. The number of amides is 1. The molecule has 0 aliphatic heterocycles. The highest BCUT2D eigenvalue weighted by molar-refractivity contribution is 7.22. The number of non-ortho nitro benzene ring substituents is 1. The van der Waals surface area contributed by atoms with Crippen molar-refractivity contribution in [1.82, 2.24) is 5.32 Å². The van der Waals surface area contributed by atoms with Crippen LogP contribution in [0.5, 0.6) is 0 Å². The zero-order valence-electron chi connectivity index (χ0n) is 11.5. The van der Waals surface area contributed by atoms with Crippen molar-refractivity contribution in [3.8, 4) is 0 Å². The fourth-order valence-corrected chi connectivity index (χ4v) is 3.53. The number of fused-ring (bicyclic) bond motifs is 1. The van der Waals surface area contributed by atoms with E-state index in [4.69, 9.17) is 11.6 Å². The summed E-state index contributed by atoms with van der Waals surface area (Å²) in [5.41, 5.74) is -0.0237. The Bertz CT molecular complexity index is 684. The molecule has 0 radical (unpaired) electrons. The van der Waals surface area contributed by atoms with Crippen LogP contribution in [0.1, 0.15) is 35.9 Å². The summed E-state index contributed by atoms with van der Waals surface area (Å²) in [5.74, 6) is -0.272. The Balaban J connectivity index is 2.29. The zero-order valence-corrected chi connectivity index (χ0v) is 13.1. The van der Waals surface area contributed by atoms with E-state index in [1.165, 1.54) is 6.07 Å². The second kappa shape index (κ2) is 6.87. The number of benzene rings is 1. The second-order valence-corrected chi connectivity index (χ2v) is 6.02. The smallest absolute Gasteiger partial charge is 0.287 e. The quantitative estimate of drug-likeness (QED) is 0.486. The third-order valence-electron chi connectivity index (χ3n) is 3.10. The summed E-state index contributed by atoms with van der Waals surface area (Å²) < 4.78 is 0.436. The van der Waals surface area contributed by atoms with Gasteiger partial charge in [0.25, 0.3) is 11.6 Å². The topological polar surface area (TPSA) is 72.2 Å². The van der Waals surface area contributed by atoms with E-state index < -0.39 is 4.92 Å². The van der Waals surface area contributed by atoms with Crippen LogP contribution in [0.4, 0.5) is 5.69 Å². The van der Waals surface area contributed by atoms with E-state index in [9.17, 15) is 14.9 Å². The first-order chi connectivity index (χ1) is 10.1. The maximum atomic E-state index is 12.1. The van der Waals surface area contributed by atoms with Crippen LogP contribution in [-0.2, 0) is 0 Å². The van der Waals surface area contributed by atoms with Gasteiger partial charge in [-0.3, -0.25) is 14.9 Å². The van der Waals surface area contributed by atoms with E-state index in [0.717, 1.165) is 30.6 Å². The number of nitro groups is 1. The molecular formula is C14H15ClN2O3S. The minimum Gasteiger partial charge on any atom is -0.351 e. The number of hydrogen-bond acceptors (Lipinski definition) is 4. The summed E-state index contributed by atoms with van der Waals surface area (Å²) in [6.07, 6.45) is 3.03. The van der Waals surface area contributed by atoms with Gasteiger partial charge >= 0.3 is 0 Å². The summed E-state index contributed by atoms with van der Waals surface area (Å²) >= 11 is 7.26. The standard InChI is InChI=1S/C14H15ClN2O3S/c1-2-3-4-8-16-14(18)13-11(15)9-6-5-7-10(17(19)20)12(9)21-13/h5-7H,2-4,8H2,1H3,(H,16,18). The number of rotatable bonds is 6. The van der Waals surface area contributed by atoms with Crippen LogP contribution >= 0.6 is 22.9 Å². The number of nitrogens with one attached hydrogen (secondary N) is 1. The summed E-state index contributed by atoms with van der Waals surface area (Å²) in [4.78, 5) is 23.0. The highest BCUT2D eigenvalue weighted by Gasteiger charge is 2.22. The number of unbranched alkanes of at least 4 members (excludes halogenated alkanes) is 2. The minimum absolute atomic E-state index is 0.0237. The van der Waals surface area contributed by atoms with Crippen LogP contribution in [0.3, 0.4) is 0 Å². The normalized spacial score (nSPS) is 10.8. The van der Waals surface area contributed by atoms with Crippen molar-refractivity contribution >= 4 is 44.6 Å². The van der Waals surface area contributed by atoms with Crippen molar-refractivity contribution < 1.29 is 9.72 Å². The summed E-state index contributed by atoms with van der Waals surface area (Å²) in [6.45, 7) is 2.67. The molecule has 0 aliphatic carbocycles. The molecule has 1 heterocycles. The van der Waals surface area contributed by atoms with Crippen molar-refractivity contribution in [3.63, 3.8) is 0 Å². The van der Waals surface area contributed by atoms with Crippen LogP contribution in [0, 0.1) is 10.1 Å². The highest BCUT2D eigenvalue weighted by atomic mass is 35.5. The van der Waals surface area contributed by atoms with E-state index in [2.05, 4.69) is 12.2 Å². The number of halogens is 1. The van der Waals surface area contributed by atoms with Crippen LogP contribution in [0.15, 0.2) is 18.2 Å². The van der Waals surface area contributed by atoms with Gasteiger partial charge in [0.05, 0.1) is 9.95 Å². The molecule has 7 heteroatoms. The molecule has 0 saturated heterocycles. The third-order valence-corrected chi connectivity index (χ3v) is 4.83. The molecule has 5 nitrogen and oxygen atoms in total. The SMILES string of the molecule is CCCCCNC(=O)c1sc2c([N+](=O)[O-])cccc2c1Cl. The molecule has 0 spiro atoms. The van der Waals surface area contributed by atoms with Crippen molar-refractivity contribution in [1.29, 1.82) is 0 Å². The molecular weight excluding hydrogens is 312 g/mol. The van der Waals surface area contributed by atoms with E-state index in [-0.39, 0.29) is 16.6 Å². The molecule has 1 aromatic heterocycles. The van der Waals surface area contributed by atoms with Crippen LogP contribution in [0.25, 0.3) is 10.1 Å². The third kappa shape index (κ3) is 3.33. The number of carbonyl (C=O) groups is 1. The van der Waals surface area contributed by atoms with Crippen LogP contribution in [0.2, 0.25) is 5.02 Å². The number of hydrogen-bond donors (Lipinski definition) is 1. The first-order valence-electron chi connectivity index (χ1n) is 6.69. The van der Waals surface area contributed by atoms with Gasteiger partial charge in [0, 0.05) is 18.0 Å². The van der Waals surface area contributed by atoms with Crippen LogP contribution in [-0.4, -0.2) is 17.4 Å². The molecule has 0 saturated carbocycles. The number of nitrogens with zero attached hydrogens (tertiary/aromatic N) is 1. The number of carbonyl (C=O) groups excluding carboxylic acids is 1. The van der Waals surface area contributed by atoms with Gasteiger partial charge in [-0.05, 0) is 6.42 Å². The molecule has 0 atom stereocenters. The van der Waals surface area contributed by atoms with Crippen molar-refractivity contribution in [2.24, 2.45) is 0 Å². The van der Waals surface area contributed by atoms with E-state index >= 15 is 0 Å². The summed E-state index contributed by atoms with van der Waals surface area (Å²) in [6, 6.07) is 4.68. The van der Waals surface area contributed by atoms with Gasteiger partial charge < -0.3 is 5.32 Å². The molecule has 1 aromatic carbocycles. The lowest BCUT2D eigenvalue weighted by atomic mass is 10.2. The van der Waals surface area contributed by atoms with E-state index in [0.29, 0.717) is 21.5 Å². The lowest BCUT2D eigenvalue weighted by Gasteiger charge is -2.02. The fourth-order valence-electron chi connectivity index (χ4n) is 2.02. The van der Waals surface area contributed by atoms with Crippen molar-refractivity contribution in [2.75, 3.05) is 6.54 Å². The Morgan fingerprint density at radius 2 is 2.19 bits per heavy atom. The molecule has 1 N–H and O–H groups in total. The Kier molecular flexibility index (Phi) is 5.14. The first kappa shape index (κ1) is 15.7. The maximum absolute atomic E-state index is 12.1. The molecule has 0 bridgehead atoms. The van der Waals surface area contributed by atoms with Gasteiger partial charge in [0.1, 0.15) is 9.58 Å². The molecule has 0 fully saturated rings. The van der Waals surface area contributed by atoms with Gasteiger partial charge in [0.15, 0.2) is 0 Å². The largest absolute Gasteiger partial charge is 0.351 e. The predicted molar refractivity (Wildman–Crippen MR) is 85.3 cm³/mol. The Morgan fingerprint density at radius 3 is 2.86 bits per heavy atom. The lowest BCUT2D eigenvalue weighted by molar-refractivity contribution is -0.382. The Hall–Kier alpha value is -1.66. The molecule has 21 heavy (non-hydrogen) atoms. The highest BCUT2D eigenvalue weighted by Crippen LogP contribution is 2.39. The molecule has 112 valence electrons. The lowest BCUT2D eigenvalue weighted by Crippen LogP contribution is -2.23. The summed E-state index contributed by atoms with van der Waals surface area (Å²) in [7, 11) is 0. The average molecular weight is 327 g/mol. The molecule has 2 aromatic rings. The number of thiophene rings is 1. The predicted octanol–water partition coefficient (Wildman–Crippen LogP) is 4.38. The zero-order chi connectivity index (χ0) is 15.4. The average Bonchev–Trinajstić information content (AvgIpc) is 2.81. The molecule has 0 unspecified atom stereocenters. The van der Waals surface area contributed by atoms with Gasteiger partial charge in [-0.25, -0.2) is 0 Å². The first-order valence-corrected chi connectivity index (χ1v) is 7.89. The Morgan fingerprint density at radius 1 is 1.43 bits per heavy atom. The van der Waals surface area contributed by atoms with Crippen molar-refractivity contribution in [3.05, 3.63) is 38.2 Å².